The Morgan fingerprint density at radius 3 is 2.16 bits per heavy atom. The van der Waals surface area contributed by atoms with Crippen LogP contribution in [0.1, 0.15) is 5.56 Å². The highest BCUT2D eigenvalue weighted by molar-refractivity contribution is 7.91. The zero-order valence-corrected chi connectivity index (χ0v) is 19.5. The number of amides is 1. The van der Waals surface area contributed by atoms with E-state index in [1.54, 1.807) is 23.6 Å². The van der Waals surface area contributed by atoms with Gasteiger partial charge in [-0.25, -0.2) is 8.42 Å². The Morgan fingerprint density at radius 2 is 1.62 bits per heavy atom. The summed E-state index contributed by atoms with van der Waals surface area (Å²) in [4.78, 5) is 13.2. The molecule has 1 aromatic heterocycles. The summed E-state index contributed by atoms with van der Waals surface area (Å²) in [5, 5.41) is 4.42. The second kappa shape index (κ2) is 10.5. The lowest BCUT2D eigenvalue weighted by Crippen LogP contribution is -2.45. The molecule has 10 heteroatoms. The van der Waals surface area contributed by atoms with Crippen molar-refractivity contribution in [3.63, 3.8) is 0 Å². The van der Waals surface area contributed by atoms with Crippen molar-refractivity contribution in [3.05, 3.63) is 65.5 Å². The van der Waals surface area contributed by atoms with Gasteiger partial charge in [0.15, 0.2) is 11.5 Å². The van der Waals surface area contributed by atoms with E-state index in [2.05, 4.69) is 10.0 Å². The smallest absolute Gasteiger partial charge is 0.250 e. The molecule has 0 spiro atoms. The van der Waals surface area contributed by atoms with Crippen LogP contribution in [-0.2, 0) is 21.2 Å². The highest BCUT2D eigenvalue weighted by Gasteiger charge is 2.27. The van der Waals surface area contributed by atoms with E-state index >= 15 is 0 Å². The molecule has 0 saturated heterocycles. The number of thiophene rings is 1. The van der Waals surface area contributed by atoms with Crippen LogP contribution in [0, 0.1) is 0 Å². The molecule has 1 heterocycles. The highest BCUT2D eigenvalue weighted by atomic mass is 32.2. The highest BCUT2D eigenvalue weighted by Crippen LogP contribution is 2.40. The molecular formula is C22H24N2O6S2. The second-order valence-corrected chi connectivity index (χ2v) is 9.59. The van der Waals surface area contributed by atoms with Crippen LogP contribution >= 0.6 is 11.3 Å². The van der Waals surface area contributed by atoms with Crippen LogP contribution in [-0.4, -0.2) is 41.7 Å². The van der Waals surface area contributed by atoms with Gasteiger partial charge in [0.05, 0.1) is 21.3 Å². The van der Waals surface area contributed by atoms with Crippen LogP contribution in [0.25, 0.3) is 0 Å². The molecular weight excluding hydrogens is 452 g/mol. The summed E-state index contributed by atoms with van der Waals surface area (Å²) >= 11 is 1.08. The first-order valence-electron chi connectivity index (χ1n) is 9.58. The van der Waals surface area contributed by atoms with Crippen molar-refractivity contribution >= 4 is 33.0 Å². The lowest BCUT2D eigenvalue weighted by atomic mass is 10.1. The van der Waals surface area contributed by atoms with Crippen molar-refractivity contribution in [1.29, 1.82) is 0 Å². The molecule has 3 rings (SSSR count). The Labute approximate surface area is 191 Å². The van der Waals surface area contributed by atoms with Gasteiger partial charge in [-0.1, -0.05) is 36.4 Å². The van der Waals surface area contributed by atoms with E-state index in [0.29, 0.717) is 22.9 Å². The maximum absolute atomic E-state index is 13.2. The first-order valence-corrected chi connectivity index (χ1v) is 11.9. The summed E-state index contributed by atoms with van der Waals surface area (Å²) in [6, 6.07) is 14.4. The van der Waals surface area contributed by atoms with Gasteiger partial charge in [0, 0.05) is 17.8 Å². The Balaban J connectivity index is 1.90. The molecule has 0 aliphatic rings. The van der Waals surface area contributed by atoms with Gasteiger partial charge in [-0.15, -0.1) is 11.3 Å². The monoisotopic (exact) mass is 476 g/mol. The Morgan fingerprint density at radius 1 is 0.969 bits per heavy atom. The minimum absolute atomic E-state index is 0.135. The van der Waals surface area contributed by atoms with Gasteiger partial charge in [0.25, 0.3) is 10.0 Å². The maximum atomic E-state index is 13.2. The summed E-state index contributed by atoms with van der Waals surface area (Å²) in [7, 11) is 0.545. The van der Waals surface area contributed by atoms with Gasteiger partial charge in [-0.2, -0.15) is 4.72 Å². The summed E-state index contributed by atoms with van der Waals surface area (Å²) in [6.07, 6.45) is 0.168. The topological polar surface area (TPSA) is 103 Å². The molecule has 0 radical (unpaired) electrons. The predicted octanol–water partition coefficient (Wildman–Crippen LogP) is 3.30. The number of sulfonamides is 1. The van der Waals surface area contributed by atoms with Crippen molar-refractivity contribution in [3.8, 4) is 17.2 Å². The van der Waals surface area contributed by atoms with E-state index < -0.39 is 22.0 Å². The van der Waals surface area contributed by atoms with Gasteiger partial charge in [-0.3, -0.25) is 4.79 Å². The van der Waals surface area contributed by atoms with Crippen molar-refractivity contribution in [1.82, 2.24) is 4.72 Å². The number of hydrogen-bond acceptors (Lipinski definition) is 7. The van der Waals surface area contributed by atoms with Crippen molar-refractivity contribution in [2.45, 2.75) is 16.7 Å². The number of carbonyl (C=O) groups excluding carboxylic acids is 1. The summed E-state index contributed by atoms with van der Waals surface area (Å²) in [5.74, 6) is 0.581. The number of carbonyl (C=O) groups is 1. The van der Waals surface area contributed by atoms with Crippen molar-refractivity contribution < 1.29 is 27.4 Å². The molecule has 1 unspecified atom stereocenters. The maximum Gasteiger partial charge on any atom is 0.250 e. The van der Waals surface area contributed by atoms with E-state index in [1.807, 2.05) is 30.3 Å². The molecule has 170 valence electrons. The van der Waals surface area contributed by atoms with E-state index in [0.717, 1.165) is 16.9 Å². The predicted molar refractivity (Wildman–Crippen MR) is 123 cm³/mol. The third-order valence-electron chi connectivity index (χ3n) is 4.59. The second-order valence-electron chi connectivity index (χ2n) is 6.70. The Kier molecular flexibility index (Phi) is 7.73. The molecule has 1 atom stereocenters. The molecule has 1 amide bonds. The van der Waals surface area contributed by atoms with Gasteiger partial charge in [-0.05, 0) is 23.4 Å². The number of ether oxygens (including phenoxy) is 3. The van der Waals surface area contributed by atoms with Crippen molar-refractivity contribution in [2.24, 2.45) is 0 Å². The largest absolute Gasteiger partial charge is 0.493 e. The van der Waals surface area contributed by atoms with Crippen LogP contribution < -0.4 is 24.2 Å². The zero-order chi connectivity index (χ0) is 23.1. The molecule has 0 bridgehead atoms. The van der Waals surface area contributed by atoms with E-state index in [9.17, 15) is 13.2 Å². The fourth-order valence-corrected chi connectivity index (χ4v) is 5.29. The first kappa shape index (κ1) is 23.6. The molecule has 0 aliphatic heterocycles. The molecule has 2 aromatic carbocycles. The molecule has 2 N–H and O–H groups in total. The van der Waals surface area contributed by atoms with E-state index in [-0.39, 0.29) is 10.6 Å². The number of hydrogen-bond donors (Lipinski definition) is 2. The van der Waals surface area contributed by atoms with Crippen LogP contribution in [0.15, 0.2) is 64.2 Å². The average Bonchev–Trinajstić information content (AvgIpc) is 3.34. The fraction of sp³-hybridized carbons (Fsp3) is 0.227. The lowest BCUT2D eigenvalue weighted by molar-refractivity contribution is -0.117. The molecule has 0 aliphatic carbocycles. The number of rotatable bonds is 10. The molecule has 0 fully saturated rings. The minimum Gasteiger partial charge on any atom is -0.493 e. The Hall–Kier alpha value is -3.08. The fourth-order valence-electron chi connectivity index (χ4n) is 3.08. The van der Waals surface area contributed by atoms with Crippen LogP contribution in [0.5, 0.6) is 17.2 Å². The number of nitrogens with one attached hydrogen (secondary N) is 2. The quantitative estimate of drug-likeness (QED) is 0.465. The number of anilines is 1. The van der Waals surface area contributed by atoms with Crippen molar-refractivity contribution in [2.75, 3.05) is 26.6 Å². The SMILES string of the molecule is COc1cc(NC(=O)C(Cc2ccccc2)NS(=O)(=O)c2cccs2)cc(OC)c1OC. The average molecular weight is 477 g/mol. The summed E-state index contributed by atoms with van der Waals surface area (Å²) in [6.45, 7) is 0. The number of methoxy groups -OCH3 is 3. The van der Waals surface area contributed by atoms with E-state index in [1.165, 1.54) is 27.4 Å². The van der Waals surface area contributed by atoms with Gasteiger partial charge in [0.1, 0.15) is 10.3 Å². The summed E-state index contributed by atoms with van der Waals surface area (Å²) in [5.41, 5.74) is 1.18. The molecule has 3 aromatic rings. The Bertz CT molecular complexity index is 1120. The third kappa shape index (κ3) is 5.58. The number of benzene rings is 2. The molecule has 32 heavy (non-hydrogen) atoms. The van der Waals surface area contributed by atoms with Gasteiger partial charge >= 0.3 is 0 Å². The van der Waals surface area contributed by atoms with Crippen LogP contribution in [0.2, 0.25) is 0 Å². The third-order valence-corrected chi connectivity index (χ3v) is 7.46. The van der Waals surface area contributed by atoms with Gasteiger partial charge in [0.2, 0.25) is 11.7 Å². The normalized spacial score (nSPS) is 12.1. The lowest BCUT2D eigenvalue weighted by Gasteiger charge is -2.19. The summed E-state index contributed by atoms with van der Waals surface area (Å²) < 4.78 is 44.2. The zero-order valence-electron chi connectivity index (χ0n) is 17.8. The first-order chi connectivity index (χ1) is 15.4. The van der Waals surface area contributed by atoms with Crippen LogP contribution in [0.4, 0.5) is 5.69 Å². The molecule has 8 nitrogen and oxygen atoms in total. The van der Waals surface area contributed by atoms with Gasteiger partial charge < -0.3 is 19.5 Å². The van der Waals surface area contributed by atoms with Crippen LogP contribution in [0.3, 0.4) is 0 Å². The van der Waals surface area contributed by atoms with E-state index in [4.69, 9.17) is 14.2 Å². The molecule has 0 saturated carbocycles. The minimum atomic E-state index is -3.87. The standard InChI is InChI=1S/C22H24N2O6S2/c1-28-18-13-16(14-19(29-2)21(18)30-3)23-22(25)17(12-15-8-5-4-6-9-15)24-32(26,27)20-10-7-11-31-20/h4-11,13-14,17,24H,12H2,1-3H3,(H,23,25).